The molecule has 0 aliphatic heterocycles. The Morgan fingerprint density at radius 3 is 2.62 bits per heavy atom. The second-order valence-electron chi connectivity index (χ2n) is 4.59. The van der Waals surface area contributed by atoms with Crippen molar-refractivity contribution in [2.75, 3.05) is 26.9 Å². The first-order valence-electron chi connectivity index (χ1n) is 7.02. The molecular weight excluding hydrogens is 311 g/mol. The van der Waals surface area contributed by atoms with E-state index in [2.05, 4.69) is 5.16 Å². The topological polar surface area (TPSA) is 56.8 Å². The van der Waals surface area contributed by atoms with Gasteiger partial charge in [0, 0.05) is 25.8 Å². The molecular formula is C15H22Cl2N2O2. The molecule has 1 aromatic carbocycles. The molecule has 118 valence electrons. The summed E-state index contributed by atoms with van der Waals surface area (Å²) in [4.78, 5) is 5.21. The lowest BCUT2D eigenvalue weighted by atomic mass is 10.0. The quantitative estimate of drug-likeness (QED) is 0.402. The molecule has 0 spiro atoms. The van der Waals surface area contributed by atoms with Crippen LogP contribution in [-0.2, 0) is 9.57 Å². The highest BCUT2D eigenvalue weighted by molar-refractivity contribution is 6.42. The second-order valence-corrected chi connectivity index (χ2v) is 5.41. The van der Waals surface area contributed by atoms with Crippen molar-refractivity contribution in [1.82, 2.24) is 0 Å². The van der Waals surface area contributed by atoms with Crippen LogP contribution in [0.15, 0.2) is 23.4 Å². The van der Waals surface area contributed by atoms with Crippen LogP contribution < -0.4 is 5.73 Å². The van der Waals surface area contributed by atoms with Gasteiger partial charge in [-0.25, -0.2) is 0 Å². The van der Waals surface area contributed by atoms with Crippen LogP contribution in [0.3, 0.4) is 0 Å². The number of methoxy groups -OCH3 is 1. The summed E-state index contributed by atoms with van der Waals surface area (Å²) in [6.45, 7) is 1.61. The molecule has 0 aromatic heterocycles. The Labute approximate surface area is 136 Å². The summed E-state index contributed by atoms with van der Waals surface area (Å²) in [6, 6.07) is 5.47. The summed E-state index contributed by atoms with van der Waals surface area (Å²) in [5.74, 6) is 0. The summed E-state index contributed by atoms with van der Waals surface area (Å²) in [5.41, 5.74) is 7.19. The molecule has 1 rings (SSSR count). The molecule has 0 aliphatic carbocycles. The number of oxime groups is 1. The van der Waals surface area contributed by atoms with Crippen LogP contribution in [0.4, 0.5) is 0 Å². The van der Waals surface area contributed by atoms with Crippen molar-refractivity contribution in [3.05, 3.63) is 33.8 Å². The molecule has 0 saturated heterocycles. The first-order valence-corrected chi connectivity index (χ1v) is 7.78. The zero-order chi connectivity index (χ0) is 15.5. The lowest BCUT2D eigenvalue weighted by Crippen LogP contribution is -2.08. The molecule has 0 aliphatic rings. The maximum absolute atomic E-state index is 6.06. The molecule has 0 bridgehead atoms. The fourth-order valence-corrected chi connectivity index (χ4v) is 2.11. The molecule has 0 radical (unpaired) electrons. The van der Waals surface area contributed by atoms with E-state index in [1.807, 2.05) is 12.1 Å². The normalized spacial score (nSPS) is 11.7. The number of hydrogen-bond donors (Lipinski definition) is 1. The van der Waals surface area contributed by atoms with E-state index in [-0.39, 0.29) is 0 Å². The van der Waals surface area contributed by atoms with Gasteiger partial charge in [0.05, 0.1) is 15.8 Å². The number of benzene rings is 1. The van der Waals surface area contributed by atoms with Crippen molar-refractivity contribution < 1.29 is 9.57 Å². The zero-order valence-corrected chi connectivity index (χ0v) is 13.8. The van der Waals surface area contributed by atoms with Gasteiger partial charge in [0.25, 0.3) is 0 Å². The minimum atomic E-state index is 0.397. The number of hydrogen-bond acceptors (Lipinski definition) is 4. The molecule has 0 unspecified atom stereocenters. The molecule has 4 nitrogen and oxygen atoms in total. The molecule has 0 atom stereocenters. The summed E-state index contributed by atoms with van der Waals surface area (Å²) >= 11 is 12.0. The first-order chi connectivity index (χ1) is 10.2. The Balaban J connectivity index is 2.67. The highest BCUT2D eigenvalue weighted by atomic mass is 35.5. The van der Waals surface area contributed by atoms with E-state index >= 15 is 0 Å². The van der Waals surface area contributed by atoms with Crippen molar-refractivity contribution >= 4 is 28.9 Å². The average molecular weight is 333 g/mol. The van der Waals surface area contributed by atoms with Crippen molar-refractivity contribution in [2.24, 2.45) is 10.9 Å². The minimum Gasteiger partial charge on any atom is -0.394 e. The summed E-state index contributed by atoms with van der Waals surface area (Å²) in [6.07, 6.45) is 3.93. The van der Waals surface area contributed by atoms with Crippen LogP contribution in [0.5, 0.6) is 0 Å². The number of rotatable bonds is 10. The van der Waals surface area contributed by atoms with E-state index in [1.165, 1.54) is 0 Å². The van der Waals surface area contributed by atoms with Crippen molar-refractivity contribution in [3.8, 4) is 0 Å². The van der Waals surface area contributed by atoms with Gasteiger partial charge in [-0.2, -0.15) is 0 Å². The predicted octanol–water partition coefficient (Wildman–Crippen LogP) is 3.88. The van der Waals surface area contributed by atoms with E-state index in [0.717, 1.165) is 43.6 Å². The van der Waals surface area contributed by atoms with Gasteiger partial charge in [-0.1, -0.05) is 40.8 Å². The zero-order valence-electron chi connectivity index (χ0n) is 12.3. The molecule has 21 heavy (non-hydrogen) atoms. The van der Waals surface area contributed by atoms with Crippen LogP contribution in [0.1, 0.15) is 31.2 Å². The van der Waals surface area contributed by atoms with Crippen LogP contribution in [0, 0.1) is 0 Å². The molecule has 0 saturated carbocycles. The van der Waals surface area contributed by atoms with Gasteiger partial charge >= 0.3 is 0 Å². The molecule has 0 heterocycles. The van der Waals surface area contributed by atoms with Gasteiger partial charge in [-0.15, -0.1) is 0 Å². The highest BCUT2D eigenvalue weighted by Crippen LogP contribution is 2.24. The Hall–Kier alpha value is -0.810. The monoisotopic (exact) mass is 332 g/mol. The van der Waals surface area contributed by atoms with Gasteiger partial charge in [0.1, 0.15) is 6.61 Å². The summed E-state index contributed by atoms with van der Waals surface area (Å²) < 4.78 is 5.04. The Morgan fingerprint density at radius 1 is 1.14 bits per heavy atom. The molecule has 0 amide bonds. The summed E-state index contributed by atoms with van der Waals surface area (Å²) in [7, 11) is 1.71. The van der Waals surface area contributed by atoms with E-state index in [0.29, 0.717) is 23.2 Å². The first kappa shape index (κ1) is 18.2. The number of nitrogens with two attached hydrogens (primary N) is 1. The summed E-state index contributed by atoms with van der Waals surface area (Å²) in [5, 5.41) is 5.22. The van der Waals surface area contributed by atoms with Gasteiger partial charge in [-0.3, -0.25) is 0 Å². The second kappa shape index (κ2) is 10.9. The fourth-order valence-electron chi connectivity index (χ4n) is 1.81. The van der Waals surface area contributed by atoms with Crippen LogP contribution in [-0.4, -0.2) is 32.6 Å². The third kappa shape index (κ3) is 7.14. The Kier molecular flexibility index (Phi) is 9.42. The molecule has 1 aromatic rings. The number of unbranched alkanes of at least 4 members (excludes halogenated alkanes) is 2. The number of ether oxygens (including phenoxy) is 1. The van der Waals surface area contributed by atoms with Gasteiger partial charge in [0.2, 0.25) is 0 Å². The SMILES string of the molecule is COCCCCCC(=NOCCN)c1ccc(Cl)c(Cl)c1. The van der Waals surface area contributed by atoms with E-state index in [4.69, 9.17) is 38.5 Å². The minimum absolute atomic E-state index is 0.397. The van der Waals surface area contributed by atoms with Crippen molar-refractivity contribution in [1.29, 1.82) is 0 Å². The molecule has 6 heteroatoms. The van der Waals surface area contributed by atoms with E-state index < -0.39 is 0 Å². The van der Waals surface area contributed by atoms with E-state index in [1.54, 1.807) is 13.2 Å². The standard InChI is InChI=1S/C15H22Cl2N2O2/c1-20-9-4-2-3-5-15(19-21-10-8-18)12-6-7-13(16)14(17)11-12/h6-7,11H,2-5,8-10,18H2,1H3. The number of nitrogens with zero attached hydrogens (tertiary/aromatic N) is 1. The predicted molar refractivity (Wildman–Crippen MR) is 88.3 cm³/mol. The van der Waals surface area contributed by atoms with E-state index in [9.17, 15) is 0 Å². The Morgan fingerprint density at radius 2 is 1.95 bits per heavy atom. The lowest BCUT2D eigenvalue weighted by molar-refractivity contribution is 0.151. The van der Waals surface area contributed by atoms with Gasteiger partial charge < -0.3 is 15.3 Å². The third-order valence-electron chi connectivity index (χ3n) is 2.90. The number of halogens is 2. The Bertz CT molecular complexity index is 453. The van der Waals surface area contributed by atoms with Gasteiger partial charge in [0.15, 0.2) is 0 Å². The van der Waals surface area contributed by atoms with Crippen molar-refractivity contribution in [3.63, 3.8) is 0 Å². The molecule has 0 fully saturated rings. The van der Waals surface area contributed by atoms with Crippen LogP contribution in [0.2, 0.25) is 10.0 Å². The third-order valence-corrected chi connectivity index (χ3v) is 3.64. The van der Waals surface area contributed by atoms with Crippen molar-refractivity contribution in [2.45, 2.75) is 25.7 Å². The largest absolute Gasteiger partial charge is 0.394 e. The average Bonchev–Trinajstić information content (AvgIpc) is 2.48. The maximum Gasteiger partial charge on any atom is 0.129 e. The highest BCUT2D eigenvalue weighted by Gasteiger charge is 2.08. The maximum atomic E-state index is 6.06. The lowest BCUT2D eigenvalue weighted by Gasteiger charge is -2.08. The smallest absolute Gasteiger partial charge is 0.129 e. The van der Waals surface area contributed by atoms with Crippen LogP contribution in [0.25, 0.3) is 0 Å². The van der Waals surface area contributed by atoms with Gasteiger partial charge in [-0.05, 0) is 31.4 Å². The van der Waals surface area contributed by atoms with Crippen LogP contribution >= 0.6 is 23.2 Å². The molecule has 2 N–H and O–H groups in total. The fraction of sp³-hybridized carbons (Fsp3) is 0.533.